The average Bonchev–Trinajstić information content (AvgIpc) is 3.12. The number of rotatable bonds is 3. The van der Waals surface area contributed by atoms with Gasteiger partial charge in [-0.3, -0.25) is 0 Å². The second kappa shape index (κ2) is 11.2. The zero-order valence-corrected chi connectivity index (χ0v) is 29.1. The van der Waals surface area contributed by atoms with E-state index in [-0.39, 0.29) is 22.8 Å². The van der Waals surface area contributed by atoms with Gasteiger partial charge in [0.15, 0.2) is 0 Å². The zero-order valence-electron chi connectivity index (χ0n) is 29.1. The summed E-state index contributed by atoms with van der Waals surface area (Å²) in [6.45, 7) is 13.4. The van der Waals surface area contributed by atoms with Gasteiger partial charge in [-0.25, -0.2) is 0 Å². The van der Waals surface area contributed by atoms with Crippen molar-refractivity contribution in [1.29, 1.82) is 0 Å². The van der Waals surface area contributed by atoms with Crippen molar-refractivity contribution in [3.8, 4) is 0 Å². The Balaban J connectivity index is 1.46. The Kier molecular flexibility index (Phi) is 7.13. The van der Waals surface area contributed by atoms with E-state index in [1.807, 2.05) is 0 Å². The lowest BCUT2D eigenvalue weighted by molar-refractivity contribution is 0.626. The van der Waals surface area contributed by atoms with Gasteiger partial charge >= 0.3 is 0 Å². The highest BCUT2D eigenvalue weighted by Gasteiger charge is 2.42. The first-order valence-corrected chi connectivity index (χ1v) is 17.4. The van der Waals surface area contributed by atoms with E-state index in [4.69, 9.17) is 5.73 Å². The van der Waals surface area contributed by atoms with Gasteiger partial charge < -0.3 is 5.73 Å². The van der Waals surface area contributed by atoms with Crippen LogP contribution >= 0.6 is 0 Å². The number of allylic oxidation sites excluding steroid dienone is 7. The highest BCUT2D eigenvalue weighted by Crippen LogP contribution is 2.56. The van der Waals surface area contributed by atoms with Crippen molar-refractivity contribution in [1.82, 2.24) is 0 Å². The van der Waals surface area contributed by atoms with Gasteiger partial charge in [-0.05, 0) is 95.3 Å². The molecule has 0 bridgehead atoms. The first kappa shape index (κ1) is 30.6. The zero-order chi connectivity index (χ0) is 33.4. The lowest BCUT2D eigenvalue weighted by Gasteiger charge is -2.38. The van der Waals surface area contributed by atoms with Gasteiger partial charge in [0.1, 0.15) is 0 Å². The number of hydrogen-bond donors (Lipinski definition) is 1. The van der Waals surface area contributed by atoms with Gasteiger partial charge in [0.2, 0.25) is 0 Å². The molecule has 2 N–H and O–H groups in total. The predicted octanol–water partition coefficient (Wildman–Crippen LogP) is 10.9. The van der Waals surface area contributed by atoms with E-state index in [2.05, 4.69) is 169 Å². The molecule has 4 aromatic rings. The van der Waals surface area contributed by atoms with Crippen LogP contribution in [0, 0.1) is 33.1 Å². The van der Waals surface area contributed by atoms with E-state index in [1.165, 1.54) is 83.5 Å². The Bertz CT molecular complexity index is 2090. The number of nitrogens with two attached hydrogens (primary N) is 1. The molecule has 4 aliphatic carbocycles. The van der Waals surface area contributed by atoms with Crippen LogP contribution in [0.5, 0.6) is 0 Å². The molecule has 2 atom stereocenters. The molecule has 4 aromatic carbocycles. The van der Waals surface area contributed by atoms with Crippen molar-refractivity contribution in [2.45, 2.75) is 65.3 Å². The molecule has 0 radical (unpaired) electrons. The van der Waals surface area contributed by atoms with E-state index in [0.29, 0.717) is 0 Å². The van der Waals surface area contributed by atoms with Crippen LogP contribution in [0.25, 0.3) is 23.8 Å². The Morgan fingerprint density at radius 3 is 1.81 bits per heavy atom. The normalized spacial score (nSPS) is 21.0. The minimum absolute atomic E-state index is 0.0254. The summed E-state index contributed by atoms with van der Waals surface area (Å²) in [6.07, 6.45) is 24.4. The molecule has 0 heterocycles. The molecule has 238 valence electrons. The third kappa shape index (κ3) is 4.95. The summed E-state index contributed by atoms with van der Waals surface area (Å²) >= 11 is 0. The van der Waals surface area contributed by atoms with Crippen LogP contribution in [0.1, 0.15) is 92.1 Å². The summed E-state index contributed by atoms with van der Waals surface area (Å²) in [6, 6.07) is 25.4. The van der Waals surface area contributed by atoms with Crippen LogP contribution in [0.15, 0.2) is 115 Å². The van der Waals surface area contributed by atoms with Crippen molar-refractivity contribution in [2.24, 2.45) is 11.1 Å². The van der Waals surface area contributed by atoms with Gasteiger partial charge in [-0.1, -0.05) is 164 Å². The highest BCUT2D eigenvalue weighted by atomic mass is 14.6. The molecule has 0 saturated carbocycles. The predicted molar refractivity (Wildman–Crippen MR) is 205 cm³/mol. The fourth-order valence-electron chi connectivity index (χ4n) is 8.53. The van der Waals surface area contributed by atoms with Crippen molar-refractivity contribution in [3.05, 3.63) is 187 Å². The minimum atomic E-state index is -0.301. The van der Waals surface area contributed by atoms with Crippen LogP contribution in [0.4, 0.5) is 0 Å². The number of fused-ring (bicyclic) bond motifs is 7. The second-order valence-electron chi connectivity index (χ2n) is 15.2. The molecule has 4 aliphatic rings. The Morgan fingerprint density at radius 1 is 0.604 bits per heavy atom. The Morgan fingerprint density at radius 2 is 1.19 bits per heavy atom. The second-order valence-corrected chi connectivity index (χ2v) is 15.2. The van der Waals surface area contributed by atoms with Gasteiger partial charge in [0, 0.05) is 22.8 Å². The van der Waals surface area contributed by atoms with Gasteiger partial charge in [-0.15, -0.1) is 0 Å². The molecule has 0 spiro atoms. The summed E-state index contributed by atoms with van der Waals surface area (Å²) in [7, 11) is 0. The topological polar surface area (TPSA) is 26.0 Å². The monoisotopic (exact) mass is 623 g/mol. The molecular formula is C47H45N. The molecule has 8 rings (SSSR count). The first-order chi connectivity index (χ1) is 23.0. The number of hydrogen-bond acceptors (Lipinski definition) is 1. The van der Waals surface area contributed by atoms with E-state index >= 15 is 0 Å². The van der Waals surface area contributed by atoms with Crippen molar-refractivity contribution in [2.75, 3.05) is 0 Å². The lowest BCUT2D eigenvalue weighted by atomic mass is 9.64. The van der Waals surface area contributed by atoms with E-state index < -0.39 is 0 Å². The third-order valence-corrected chi connectivity index (χ3v) is 11.0. The molecular weight excluding hydrogens is 579 g/mol. The van der Waals surface area contributed by atoms with E-state index in [0.717, 1.165) is 6.42 Å². The molecule has 1 nitrogen and oxygen atoms in total. The summed E-state index contributed by atoms with van der Waals surface area (Å²) in [5.74, 6) is 0.132. The fourth-order valence-corrected chi connectivity index (χ4v) is 8.53. The van der Waals surface area contributed by atoms with Gasteiger partial charge in [0.05, 0.1) is 0 Å². The maximum atomic E-state index is 6.62. The standard InChI is InChI=1S/C47H45N/c1-29-7-11-34(12-8-29)47(35-13-9-30(2)10-14-35)24-21-41-42(28-47)37-17-15-36(48)16-18-38(37)44-40-20-23-46(5,6)22-19-39(40)43(45(41)44)33-26-31(3)25-32(4)27-33/h7-27,36,43H,28,48H2,1-6H3. The average molecular weight is 624 g/mol. The maximum Gasteiger partial charge on any atom is 0.0425 e. The maximum absolute atomic E-state index is 6.62. The molecule has 2 unspecified atom stereocenters. The molecule has 48 heavy (non-hydrogen) atoms. The number of aryl methyl sites for hydroxylation is 4. The van der Waals surface area contributed by atoms with Crippen LogP contribution in [0.3, 0.4) is 0 Å². The molecule has 0 aliphatic heterocycles. The third-order valence-electron chi connectivity index (χ3n) is 11.0. The lowest BCUT2D eigenvalue weighted by Crippen LogP contribution is -2.31. The highest BCUT2D eigenvalue weighted by molar-refractivity contribution is 5.98. The first-order valence-electron chi connectivity index (χ1n) is 17.4. The summed E-state index contributed by atoms with van der Waals surface area (Å²) < 4.78 is 0. The SMILES string of the molecule is Cc1ccc(C2(c3ccc(C)cc3)C=Cc3c(c4c(c5c3C(c3cc(C)cc(C)c3)C3=C5C=CC(C)(C)C=C3)C=CC(N)C=C4)C2)cc1. The van der Waals surface area contributed by atoms with Crippen LogP contribution in [0.2, 0.25) is 0 Å². The van der Waals surface area contributed by atoms with Crippen LogP contribution < -0.4 is 5.73 Å². The van der Waals surface area contributed by atoms with Crippen LogP contribution in [-0.2, 0) is 11.8 Å². The van der Waals surface area contributed by atoms with Crippen molar-refractivity contribution < 1.29 is 0 Å². The van der Waals surface area contributed by atoms with E-state index in [9.17, 15) is 0 Å². The van der Waals surface area contributed by atoms with Crippen LogP contribution in [-0.4, -0.2) is 6.04 Å². The minimum Gasteiger partial charge on any atom is -0.321 e. The van der Waals surface area contributed by atoms with Gasteiger partial charge in [0.25, 0.3) is 0 Å². The fraction of sp³-hybridized carbons (Fsp3) is 0.234. The molecule has 0 aromatic heterocycles. The molecule has 1 heteroatoms. The summed E-state index contributed by atoms with van der Waals surface area (Å²) in [5.41, 5.74) is 26.4. The Labute approximate surface area is 286 Å². The number of benzene rings is 4. The van der Waals surface area contributed by atoms with Crippen molar-refractivity contribution >= 4 is 23.8 Å². The quantitative estimate of drug-likeness (QED) is 0.241. The molecule has 0 saturated heterocycles. The molecule has 0 amide bonds. The smallest absolute Gasteiger partial charge is 0.0425 e. The largest absolute Gasteiger partial charge is 0.321 e. The Hall–Kier alpha value is -4.72. The van der Waals surface area contributed by atoms with Crippen molar-refractivity contribution in [3.63, 3.8) is 0 Å². The van der Waals surface area contributed by atoms with E-state index in [1.54, 1.807) is 0 Å². The molecule has 0 fully saturated rings. The van der Waals surface area contributed by atoms with Gasteiger partial charge in [-0.2, -0.15) is 0 Å². The summed E-state index contributed by atoms with van der Waals surface area (Å²) in [4.78, 5) is 0. The summed E-state index contributed by atoms with van der Waals surface area (Å²) in [5, 5.41) is 0.